The number of nitrogens with zero attached hydrogens (tertiary/aromatic N) is 3. The molecule has 0 spiro atoms. The molecular weight excluding hydrogens is 214 g/mol. The van der Waals surface area contributed by atoms with Crippen LogP contribution in [0.2, 0.25) is 0 Å². The molecule has 0 bridgehead atoms. The number of pyridine rings is 1. The quantitative estimate of drug-likeness (QED) is 0.458. The maximum absolute atomic E-state index is 5.60. The van der Waals surface area contributed by atoms with Crippen LogP contribution in [0.5, 0.6) is 0 Å². The van der Waals surface area contributed by atoms with Crippen LogP contribution in [-0.2, 0) is 0 Å². The van der Waals surface area contributed by atoms with Crippen LogP contribution in [0.1, 0.15) is 0 Å². The van der Waals surface area contributed by atoms with Gasteiger partial charge in [-0.1, -0.05) is 18.2 Å². The molecule has 0 saturated carbocycles. The highest BCUT2D eigenvalue weighted by molar-refractivity contribution is 6.05. The second-order valence-electron chi connectivity index (χ2n) is 3.88. The lowest BCUT2D eigenvalue weighted by atomic mass is 10.1. The van der Waals surface area contributed by atoms with E-state index in [0.29, 0.717) is 11.4 Å². The number of rotatable bonds is 0. The average molecular weight is 221 g/mol. The Morgan fingerprint density at radius 2 is 1.94 bits per heavy atom. The standard InChI is InChI=1S/C13H7N3O/c1-2-4-11-8(3-1)5-9-10-6-14-7-15-12(10)17-13(9)16-11/h1-7H. The third-order valence-electron chi connectivity index (χ3n) is 2.85. The van der Waals surface area contributed by atoms with Gasteiger partial charge in [-0.2, -0.15) is 0 Å². The Morgan fingerprint density at radius 1 is 1.00 bits per heavy atom. The summed E-state index contributed by atoms with van der Waals surface area (Å²) in [6.45, 7) is 0. The minimum Gasteiger partial charge on any atom is -0.419 e. The summed E-state index contributed by atoms with van der Waals surface area (Å²) in [5, 5.41) is 2.95. The van der Waals surface area contributed by atoms with E-state index in [1.54, 1.807) is 6.20 Å². The normalized spacial score (nSPS) is 11.5. The first kappa shape index (κ1) is 8.64. The number of hydrogen-bond donors (Lipinski definition) is 0. The molecule has 0 amide bonds. The molecule has 17 heavy (non-hydrogen) atoms. The fraction of sp³-hybridized carbons (Fsp3) is 0. The van der Waals surface area contributed by atoms with Crippen molar-refractivity contribution < 1.29 is 4.42 Å². The first-order valence-electron chi connectivity index (χ1n) is 5.30. The molecule has 0 saturated heterocycles. The average Bonchev–Trinajstić information content (AvgIpc) is 2.73. The van der Waals surface area contributed by atoms with E-state index in [-0.39, 0.29) is 0 Å². The third-order valence-corrected chi connectivity index (χ3v) is 2.85. The fourth-order valence-electron chi connectivity index (χ4n) is 2.05. The lowest BCUT2D eigenvalue weighted by Crippen LogP contribution is -1.78. The van der Waals surface area contributed by atoms with Crippen LogP contribution in [0.3, 0.4) is 0 Å². The maximum Gasteiger partial charge on any atom is 0.232 e. The predicted octanol–water partition coefficient (Wildman–Crippen LogP) is 2.92. The predicted molar refractivity (Wildman–Crippen MR) is 64.6 cm³/mol. The smallest absolute Gasteiger partial charge is 0.232 e. The van der Waals surface area contributed by atoms with Crippen molar-refractivity contribution in [2.24, 2.45) is 0 Å². The summed E-state index contributed by atoms with van der Waals surface area (Å²) in [5.74, 6) is 0. The molecule has 0 atom stereocenters. The van der Waals surface area contributed by atoms with Crippen molar-refractivity contribution in [1.29, 1.82) is 0 Å². The number of furan rings is 1. The molecule has 80 valence electrons. The Kier molecular flexibility index (Phi) is 1.53. The van der Waals surface area contributed by atoms with Gasteiger partial charge in [-0.25, -0.2) is 15.0 Å². The monoisotopic (exact) mass is 221 g/mol. The largest absolute Gasteiger partial charge is 0.419 e. The third kappa shape index (κ3) is 1.15. The van der Waals surface area contributed by atoms with Gasteiger partial charge in [-0.3, -0.25) is 0 Å². The minimum atomic E-state index is 0.581. The molecule has 0 fully saturated rings. The molecule has 0 radical (unpaired) electrons. The van der Waals surface area contributed by atoms with E-state index < -0.39 is 0 Å². The second kappa shape index (κ2) is 3.01. The van der Waals surface area contributed by atoms with E-state index in [1.165, 1.54) is 6.33 Å². The molecule has 3 heterocycles. The molecule has 0 aliphatic rings. The van der Waals surface area contributed by atoms with E-state index in [9.17, 15) is 0 Å². The zero-order chi connectivity index (χ0) is 11.2. The van der Waals surface area contributed by atoms with E-state index >= 15 is 0 Å². The van der Waals surface area contributed by atoms with Crippen molar-refractivity contribution >= 4 is 33.1 Å². The van der Waals surface area contributed by atoms with Gasteiger partial charge in [0, 0.05) is 11.6 Å². The SMILES string of the molecule is c1ccc2nc3oc4ncncc4c3cc2c1. The molecule has 1 aromatic carbocycles. The summed E-state index contributed by atoms with van der Waals surface area (Å²) < 4.78 is 5.60. The summed E-state index contributed by atoms with van der Waals surface area (Å²) in [4.78, 5) is 12.6. The summed E-state index contributed by atoms with van der Waals surface area (Å²) in [6.07, 6.45) is 3.23. The number of para-hydroxylation sites is 1. The van der Waals surface area contributed by atoms with Crippen LogP contribution in [-0.4, -0.2) is 15.0 Å². The molecule has 0 aliphatic carbocycles. The van der Waals surface area contributed by atoms with E-state index in [1.807, 2.05) is 24.3 Å². The molecular formula is C13H7N3O. The Morgan fingerprint density at radius 3 is 2.94 bits per heavy atom. The van der Waals surface area contributed by atoms with Gasteiger partial charge in [0.15, 0.2) is 0 Å². The molecule has 4 nitrogen and oxygen atoms in total. The van der Waals surface area contributed by atoms with Crippen LogP contribution >= 0.6 is 0 Å². The highest BCUT2D eigenvalue weighted by Crippen LogP contribution is 2.27. The van der Waals surface area contributed by atoms with Crippen LogP contribution in [0.15, 0.2) is 47.3 Å². The Balaban J connectivity index is 2.28. The minimum absolute atomic E-state index is 0.581. The number of aromatic nitrogens is 3. The van der Waals surface area contributed by atoms with Crippen molar-refractivity contribution in [2.45, 2.75) is 0 Å². The van der Waals surface area contributed by atoms with Gasteiger partial charge in [-0.15, -0.1) is 0 Å². The van der Waals surface area contributed by atoms with E-state index in [4.69, 9.17) is 4.42 Å². The molecule has 3 aromatic heterocycles. The van der Waals surface area contributed by atoms with Gasteiger partial charge in [0.2, 0.25) is 11.4 Å². The van der Waals surface area contributed by atoms with Gasteiger partial charge >= 0.3 is 0 Å². The van der Waals surface area contributed by atoms with Crippen molar-refractivity contribution in [3.05, 3.63) is 42.9 Å². The zero-order valence-electron chi connectivity index (χ0n) is 8.79. The van der Waals surface area contributed by atoms with Gasteiger partial charge in [-0.05, 0) is 12.1 Å². The molecule has 0 N–H and O–H groups in total. The highest BCUT2D eigenvalue weighted by atomic mass is 16.3. The topological polar surface area (TPSA) is 51.8 Å². The van der Waals surface area contributed by atoms with E-state index in [0.717, 1.165) is 21.7 Å². The first-order chi connectivity index (χ1) is 8.42. The van der Waals surface area contributed by atoms with Crippen LogP contribution in [0.4, 0.5) is 0 Å². The lowest BCUT2D eigenvalue weighted by Gasteiger charge is -1.95. The van der Waals surface area contributed by atoms with Crippen LogP contribution < -0.4 is 0 Å². The first-order valence-corrected chi connectivity index (χ1v) is 5.30. The van der Waals surface area contributed by atoms with Gasteiger partial charge in [0.25, 0.3) is 0 Å². The highest BCUT2D eigenvalue weighted by Gasteiger charge is 2.09. The molecule has 0 unspecified atom stereocenters. The Labute approximate surface area is 95.9 Å². The summed E-state index contributed by atoms with van der Waals surface area (Å²) in [5.41, 5.74) is 2.11. The second-order valence-corrected chi connectivity index (χ2v) is 3.88. The van der Waals surface area contributed by atoms with Crippen molar-refractivity contribution in [3.8, 4) is 0 Å². The van der Waals surface area contributed by atoms with Crippen LogP contribution in [0.25, 0.3) is 33.1 Å². The number of fused-ring (bicyclic) bond motifs is 4. The zero-order valence-corrected chi connectivity index (χ0v) is 8.79. The summed E-state index contributed by atoms with van der Waals surface area (Å²) >= 11 is 0. The Bertz CT molecular complexity index is 845. The maximum atomic E-state index is 5.60. The number of benzene rings is 1. The van der Waals surface area contributed by atoms with Gasteiger partial charge in [0.1, 0.15) is 6.33 Å². The Hall–Kier alpha value is -2.49. The van der Waals surface area contributed by atoms with Crippen molar-refractivity contribution in [3.63, 3.8) is 0 Å². The lowest BCUT2D eigenvalue weighted by molar-refractivity contribution is 0.640. The summed E-state index contributed by atoms with van der Waals surface area (Å²) in [6, 6.07) is 10.0. The fourth-order valence-corrected chi connectivity index (χ4v) is 2.05. The number of hydrogen-bond acceptors (Lipinski definition) is 4. The van der Waals surface area contributed by atoms with Crippen molar-refractivity contribution in [2.75, 3.05) is 0 Å². The van der Waals surface area contributed by atoms with E-state index in [2.05, 4.69) is 21.0 Å². The van der Waals surface area contributed by atoms with Crippen LogP contribution in [0, 0.1) is 0 Å². The molecule has 4 aromatic rings. The van der Waals surface area contributed by atoms with Crippen molar-refractivity contribution in [1.82, 2.24) is 15.0 Å². The molecule has 0 aliphatic heterocycles. The molecule has 4 rings (SSSR count). The molecule has 4 heteroatoms. The van der Waals surface area contributed by atoms with Gasteiger partial charge in [0.05, 0.1) is 16.3 Å². The summed E-state index contributed by atoms with van der Waals surface area (Å²) in [7, 11) is 0. The van der Waals surface area contributed by atoms with Gasteiger partial charge < -0.3 is 4.42 Å².